The molecule has 4 aromatic carbocycles. The number of carbonyl (C=O) groups is 2. The lowest BCUT2D eigenvalue weighted by Crippen LogP contribution is -2.40. The molecule has 1 aliphatic heterocycles. The van der Waals surface area contributed by atoms with Gasteiger partial charge in [0.25, 0.3) is 5.56 Å². The van der Waals surface area contributed by atoms with Gasteiger partial charge in [0.2, 0.25) is 0 Å². The molecule has 0 aliphatic carbocycles. The monoisotopic (exact) mass is 634 g/mol. The molecule has 0 unspecified atom stereocenters. The molecule has 0 saturated heterocycles. The van der Waals surface area contributed by atoms with Crippen LogP contribution in [-0.4, -0.2) is 30.2 Å². The van der Waals surface area contributed by atoms with E-state index in [1.54, 1.807) is 80.8 Å². The van der Waals surface area contributed by atoms with E-state index in [-0.39, 0.29) is 17.7 Å². The second-order valence-corrected chi connectivity index (χ2v) is 11.2. The lowest BCUT2D eigenvalue weighted by molar-refractivity contribution is -0.138. The first-order chi connectivity index (χ1) is 22.4. The zero-order valence-electron chi connectivity index (χ0n) is 24.8. The highest BCUT2D eigenvalue weighted by Crippen LogP contribution is 2.35. The molecule has 8 nitrogen and oxygen atoms in total. The molecule has 1 aromatic heterocycles. The summed E-state index contributed by atoms with van der Waals surface area (Å²) < 4.78 is 31.9. The Balaban J connectivity index is 1.41. The van der Waals surface area contributed by atoms with Gasteiger partial charge in [0.05, 0.1) is 41.1 Å². The number of carbonyl (C=O) groups excluding carboxylic acids is 2. The smallest absolute Gasteiger partial charge is 0.343 e. The molecule has 0 amide bonds. The number of fused-ring (bicyclic) bond motifs is 1. The van der Waals surface area contributed by atoms with Gasteiger partial charge in [-0.3, -0.25) is 9.36 Å². The largest absolute Gasteiger partial charge is 0.497 e. The van der Waals surface area contributed by atoms with Crippen molar-refractivity contribution < 1.29 is 28.2 Å². The van der Waals surface area contributed by atoms with Gasteiger partial charge in [-0.25, -0.2) is 19.0 Å². The van der Waals surface area contributed by atoms with Crippen molar-refractivity contribution >= 4 is 35.0 Å². The van der Waals surface area contributed by atoms with Crippen LogP contribution in [0.3, 0.4) is 0 Å². The Morgan fingerprint density at radius 3 is 2.22 bits per heavy atom. The highest BCUT2D eigenvalue weighted by atomic mass is 32.1. The van der Waals surface area contributed by atoms with Crippen LogP contribution in [0.2, 0.25) is 0 Å². The van der Waals surface area contributed by atoms with E-state index in [2.05, 4.69) is 0 Å². The molecular formula is C36H27FN2O6S. The number of hydrogen-bond donors (Lipinski definition) is 0. The Bertz CT molecular complexity index is 2120. The Labute approximate surface area is 267 Å². The Morgan fingerprint density at radius 1 is 0.891 bits per heavy atom. The minimum atomic E-state index is -0.909. The van der Waals surface area contributed by atoms with Crippen LogP contribution in [0.4, 0.5) is 4.39 Å². The van der Waals surface area contributed by atoms with E-state index >= 15 is 0 Å². The number of halogens is 1. The van der Waals surface area contributed by atoms with E-state index < -0.39 is 23.8 Å². The number of hydrogen-bond acceptors (Lipinski definition) is 8. The molecular weight excluding hydrogens is 607 g/mol. The van der Waals surface area contributed by atoms with Crippen LogP contribution in [0.25, 0.3) is 11.8 Å². The number of nitrogens with zero attached hydrogens (tertiary/aromatic N) is 2. The molecule has 6 rings (SSSR count). The summed E-state index contributed by atoms with van der Waals surface area (Å²) in [6.07, 6.45) is 1.71. The minimum absolute atomic E-state index is 0.121. The summed E-state index contributed by atoms with van der Waals surface area (Å²) in [5.41, 5.74) is 2.45. The maximum Gasteiger partial charge on any atom is 0.343 e. The second-order valence-electron chi connectivity index (χ2n) is 10.2. The maximum absolute atomic E-state index is 14.0. The normalized spacial score (nSPS) is 14.3. The molecule has 46 heavy (non-hydrogen) atoms. The van der Waals surface area contributed by atoms with Gasteiger partial charge in [-0.15, -0.1) is 0 Å². The number of benzene rings is 4. The zero-order chi connectivity index (χ0) is 32.2. The average molecular weight is 635 g/mol. The number of rotatable bonds is 8. The van der Waals surface area contributed by atoms with E-state index in [1.807, 2.05) is 30.3 Å². The van der Waals surface area contributed by atoms with Gasteiger partial charge < -0.3 is 14.2 Å². The molecule has 0 radical (unpaired) electrons. The third kappa shape index (κ3) is 6.15. The van der Waals surface area contributed by atoms with Crippen molar-refractivity contribution in [2.45, 2.75) is 13.0 Å². The highest BCUT2D eigenvalue weighted by Gasteiger charge is 2.35. The van der Waals surface area contributed by atoms with E-state index in [9.17, 15) is 18.8 Å². The van der Waals surface area contributed by atoms with Crippen molar-refractivity contribution in [3.05, 3.63) is 156 Å². The van der Waals surface area contributed by atoms with Crippen LogP contribution in [0.5, 0.6) is 11.5 Å². The van der Waals surface area contributed by atoms with Crippen LogP contribution < -0.4 is 24.4 Å². The van der Waals surface area contributed by atoms with Gasteiger partial charge in [0.1, 0.15) is 17.3 Å². The molecule has 0 saturated carbocycles. The second kappa shape index (κ2) is 13.2. The van der Waals surface area contributed by atoms with Crippen molar-refractivity contribution in [1.29, 1.82) is 0 Å². The van der Waals surface area contributed by atoms with E-state index in [4.69, 9.17) is 19.2 Å². The van der Waals surface area contributed by atoms with Gasteiger partial charge in [0, 0.05) is 5.56 Å². The van der Waals surface area contributed by atoms with E-state index in [1.165, 1.54) is 28.0 Å². The lowest BCUT2D eigenvalue weighted by Gasteiger charge is -2.25. The summed E-state index contributed by atoms with van der Waals surface area (Å²) in [7, 11) is 1.55. The Kier molecular flexibility index (Phi) is 8.71. The lowest BCUT2D eigenvalue weighted by atomic mass is 9.93. The minimum Gasteiger partial charge on any atom is -0.497 e. The molecule has 10 heteroatoms. The fourth-order valence-corrected chi connectivity index (χ4v) is 6.08. The first-order valence-corrected chi connectivity index (χ1v) is 15.2. The van der Waals surface area contributed by atoms with Crippen molar-refractivity contribution in [1.82, 2.24) is 4.57 Å². The third-order valence-corrected chi connectivity index (χ3v) is 8.26. The molecule has 1 atom stereocenters. The molecule has 0 bridgehead atoms. The number of aromatic nitrogens is 1. The third-order valence-electron chi connectivity index (χ3n) is 7.27. The van der Waals surface area contributed by atoms with Gasteiger partial charge >= 0.3 is 11.9 Å². The summed E-state index contributed by atoms with van der Waals surface area (Å²) in [4.78, 5) is 45.3. The molecule has 1 aliphatic rings. The van der Waals surface area contributed by atoms with E-state index in [0.29, 0.717) is 48.8 Å². The standard InChI is InChI=1S/C36H27FN2O6S/c1-3-44-35(42)30-31(23-7-5-4-6-8-23)38-36-39(32(30)24-11-15-26(37)16-12-24)33(40)29(46-36)21-22-9-17-28(18-10-22)45-34(41)25-13-19-27(43-2)20-14-25/h4-21,32H,3H2,1-2H3/b29-21-/t32-/m1/s1. The number of esters is 2. The van der Waals surface area contributed by atoms with E-state index in [0.717, 1.165) is 0 Å². The maximum atomic E-state index is 14.0. The van der Waals surface area contributed by atoms with Crippen molar-refractivity contribution in [2.75, 3.05) is 13.7 Å². The molecule has 230 valence electrons. The number of methoxy groups -OCH3 is 1. The number of ether oxygens (including phenoxy) is 3. The topological polar surface area (TPSA) is 96.2 Å². The summed E-state index contributed by atoms with van der Waals surface area (Å²) in [5.74, 6) is -0.616. The first kappa shape index (κ1) is 30.4. The fourth-order valence-electron chi connectivity index (χ4n) is 5.08. The van der Waals surface area contributed by atoms with Crippen LogP contribution in [-0.2, 0) is 9.53 Å². The van der Waals surface area contributed by atoms with Crippen LogP contribution in [0, 0.1) is 5.82 Å². The predicted octanol–water partition coefficient (Wildman–Crippen LogP) is 5.30. The van der Waals surface area contributed by atoms with Crippen LogP contribution in [0.1, 0.15) is 40.0 Å². The summed E-state index contributed by atoms with van der Waals surface area (Å²) in [5, 5.41) is 0. The summed E-state index contributed by atoms with van der Waals surface area (Å²) in [6, 6.07) is 27.3. The summed E-state index contributed by atoms with van der Waals surface area (Å²) >= 11 is 1.17. The SMILES string of the molecule is CCOC(=O)C1=C(c2ccccc2)N=c2s/c(=C\c3ccc(OC(=O)c4ccc(OC)cc4)cc3)c(=O)n2[C@@H]1c1ccc(F)cc1. The van der Waals surface area contributed by atoms with Crippen LogP contribution in [0.15, 0.2) is 118 Å². The molecule has 0 fully saturated rings. The fraction of sp³-hybridized carbons (Fsp3) is 0.111. The van der Waals surface area contributed by atoms with Gasteiger partial charge in [0.15, 0.2) is 4.80 Å². The van der Waals surface area contributed by atoms with Crippen molar-refractivity contribution in [2.24, 2.45) is 4.99 Å². The highest BCUT2D eigenvalue weighted by molar-refractivity contribution is 7.07. The summed E-state index contributed by atoms with van der Waals surface area (Å²) in [6.45, 7) is 1.82. The van der Waals surface area contributed by atoms with Gasteiger partial charge in [-0.05, 0) is 72.7 Å². The van der Waals surface area contributed by atoms with Gasteiger partial charge in [-0.1, -0.05) is 65.9 Å². The molecule has 0 spiro atoms. The quantitative estimate of drug-likeness (QED) is 0.170. The van der Waals surface area contributed by atoms with Crippen molar-refractivity contribution in [3.63, 3.8) is 0 Å². The Morgan fingerprint density at radius 2 is 1.57 bits per heavy atom. The number of thiazole rings is 1. The Hall–Kier alpha value is -5.61. The van der Waals surface area contributed by atoms with Gasteiger partial charge in [-0.2, -0.15) is 0 Å². The molecule has 0 N–H and O–H groups in total. The predicted molar refractivity (Wildman–Crippen MR) is 172 cm³/mol. The average Bonchev–Trinajstić information content (AvgIpc) is 3.39. The zero-order valence-corrected chi connectivity index (χ0v) is 25.6. The van der Waals surface area contributed by atoms with Crippen LogP contribution >= 0.6 is 11.3 Å². The van der Waals surface area contributed by atoms with Crippen molar-refractivity contribution in [3.8, 4) is 11.5 Å². The molecule has 2 heterocycles. The molecule has 5 aromatic rings. The first-order valence-electron chi connectivity index (χ1n) is 14.4.